The number of benzene rings is 3. The van der Waals surface area contributed by atoms with Crippen LogP contribution < -0.4 is 4.74 Å². The quantitative estimate of drug-likeness (QED) is 0.264. The zero-order valence-corrected chi connectivity index (χ0v) is 22.8. The molecule has 220 valence electrons. The van der Waals surface area contributed by atoms with Crippen molar-refractivity contribution >= 4 is 0 Å². The highest BCUT2D eigenvalue weighted by atomic mass is 19.4. The molecule has 0 aliphatic heterocycles. The molecule has 0 saturated heterocycles. The third-order valence-electron chi connectivity index (χ3n) is 8.87. The van der Waals surface area contributed by atoms with Crippen LogP contribution >= 0.6 is 0 Å². The van der Waals surface area contributed by atoms with Crippen LogP contribution in [0.15, 0.2) is 60.7 Å². The van der Waals surface area contributed by atoms with E-state index in [9.17, 15) is 17.6 Å². The monoisotopic (exact) mass is 578 g/mol. The lowest BCUT2D eigenvalue weighted by Crippen LogP contribution is -2.37. The van der Waals surface area contributed by atoms with E-state index in [2.05, 4.69) is 6.92 Å². The SMILES string of the molecule is CC1CCC(c2ccc(C3CCC(C(F)(F)Oc4ccc(-c5ccc(C(F)(F)F)cc5)c(F)c4)CC3)c(F)c2)CC1. The molecule has 3 aromatic carbocycles. The van der Waals surface area contributed by atoms with Gasteiger partial charge >= 0.3 is 12.3 Å². The van der Waals surface area contributed by atoms with Crippen molar-refractivity contribution in [3.63, 3.8) is 0 Å². The van der Waals surface area contributed by atoms with Gasteiger partial charge in [-0.05, 0) is 103 Å². The van der Waals surface area contributed by atoms with E-state index >= 15 is 13.2 Å². The molecule has 0 N–H and O–H groups in total. The van der Waals surface area contributed by atoms with E-state index in [1.54, 1.807) is 6.07 Å². The molecule has 0 atom stereocenters. The first-order chi connectivity index (χ1) is 19.4. The molecule has 3 aromatic rings. The van der Waals surface area contributed by atoms with Gasteiger partial charge in [-0.25, -0.2) is 8.78 Å². The maximum absolute atomic E-state index is 15.1. The first kappa shape index (κ1) is 29.5. The van der Waals surface area contributed by atoms with Crippen molar-refractivity contribution in [2.45, 2.75) is 82.4 Å². The second-order valence-corrected chi connectivity index (χ2v) is 11.7. The first-order valence-corrected chi connectivity index (χ1v) is 14.2. The van der Waals surface area contributed by atoms with Crippen LogP contribution in [-0.4, -0.2) is 6.11 Å². The van der Waals surface area contributed by atoms with Gasteiger partial charge in [0.05, 0.1) is 11.5 Å². The smallest absolute Gasteiger partial charge is 0.416 e. The Hall–Kier alpha value is -3.03. The average Bonchev–Trinajstić information content (AvgIpc) is 2.93. The Bertz CT molecular complexity index is 1330. The summed E-state index contributed by atoms with van der Waals surface area (Å²) < 4.78 is 103. The average molecular weight is 579 g/mol. The maximum Gasteiger partial charge on any atom is 0.416 e. The third-order valence-corrected chi connectivity index (χ3v) is 8.87. The number of ether oxygens (including phenoxy) is 1. The van der Waals surface area contributed by atoms with E-state index in [1.165, 1.54) is 12.1 Å². The minimum absolute atomic E-state index is 0.0269. The molecule has 2 aliphatic carbocycles. The lowest BCUT2D eigenvalue weighted by atomic mass is 9.76. The van der Waals surface area contributed by atoms with Gasteiger partial charge in [0.25, 0.3) is 0 Å². The summed E-state index contributed by atoms with van der Waals surface area (Å²) in [6.45, 7) is 2.24. The van der Waals surface area contributed by atoms with Gasteiger partial charge in [-0.15, -0.1) is 0 Å². The Kier molecular flexibility index (Phi) is 8.40. The zero-order chi connectivity index (χ0) is 29.4. The molecule has 41 heavy (non-hydrogen) atoms. The molecule has 0 aromatic heterocycles. The summed E-state index contributed by atoms with van der Waals surface area (Å²) in [6, 6.07) is 12.6. The Labute approximate surface area is 235 Å². The van der Waals surface area contributed by atoms with E-state index in [0.717, 1.165) is 61.6 Å². The van der Waals surface area contributed by atoms with Gasteiger partial charge in [-0.1, -0.05) is 44.0 Å². The van der Waals surface area contributed by atoms with Crippen molar-refractivity contribution in [1.82, 2.24) is 0 Å². The Balaban J connectivity index is 1.19. The van der Waals surface area contributed by atoms with Crippen LogP contribution in [0.25, 0.3) is 11.1 Å². The van der Waals surface area contributed by atoms with Crippen molar-refractivity contribution < 1.29 is 35.5 Å². The second-order valence-electron chi connectivity index (χ2n) is 11.7. The van der Waals surface area contributed by atoms with Gasteiger partial charge in [0, 0.05) is 11.6 Å². The summed E-state index contributed by atoms with van der Waals surface area (Å²) in [4.78, 5) is 0. The number of halogens is 7. The van der Waals surface area contributed by atoms with E-state index in [1.807, 2.05) is 12.1 Å². The van der Waals surface area contributed by atoms with Gasteiger partial charge in [0.2, 0.25) is 0 Å². The fourth-order valence-corrected chi connectivity index (χ4v) is 6.33. The predicted molar refractivity (Wildman–Crippen MR) is 144 cm³/mol. The topological polar surface area (TPSA) is 9.23 Å². The van der Waals surface area contributed by atoms with Crippen LogP contribution in [0.3, 0.4) is 0 Å². The fraction of sp³-hybridized carbons (Fsp3) is 0.455. The van der Waals surface area contributed by atoms with Crippen LogP contribution in [0.1, 0.15) is 86.8 Å². The van der Waals surface area contributed by atoms with E-state index in [-0.39, 0.29) is 41.5 Å². The zero-order valence-electron chi connectivity index (χ0n) is 22.8. The Morgan fingerprint density at radius 1 is 0.659 bits per heavy atom. The van der Waals surface area contributed by atoms with Crippen LogP contribution in [0.5, 0.6) is 5.75 Å². The van der Waals surface area contributed by atoms with Gasteiger partial charge in [0.15, 0.2) is 0 Å². The van der Waals surface area contributed by atoms with Gasteiger partial charge < -0.3 is 4.74 Å². The van der Waals surface area contributed by atoms with Crippen LogP contribution in [0.2, 0.25) is 0 Å². The molecular weight excluding hydrogens is 545 g/mol. The molecule has 0 heterocycles. The second kappa shape index (κ2) is 11.7. The Morgan fingerprint density at radius 3 is 1.88 bits per heavy atom. The fourth-order valence-electron chi connectivity index (χ4n) is 6.33. The van der Waals surface area contributed by atoms with Crippen LogP contribution in [0, 0.1) is 23.5 Å². The van der Waals surface area contributed by atoms with Crippen molar-refractivity contribution in [1.29, 1.82) is 0 Å². The molecule has 0 bridgehead atoms. The van der Waals surface area contributed by atoms with Gasteiger partial charge in [-0.3, -0.25) is 0 Å². The lowest BCUT2D eigenvalue weighted by Gasteiger charge is -2.34. The number of alkyl halides is 5. The van der Waals surface area contributed by atoms with E-state index in [4.69, 9.17) is 4.74 Å². The van der Waals surface area contributed by atoms with E-state index in [0.29, 0.717) is 30.2 Å². The van der Waals surface area contributed by atoms with Crippen LogP contribution in [-0.2, 0) is 6.18 Å². The molecular formula is C33H33F7O. The summed E-state index contributed by atoms with van der Waals surface area (Å²) >= 11 is 0. The van der Waals surface area contributed by atoms with Crippen molar-refractivity contribution in [2.75, 3.05) is 0 Å². The highest BCUT2D eigenvalue weighted by Gasteiger charge is 2.44. The molecule has 0 radical (unpaired) electrons. The summed E-state index contributed by atoms with van der Waals surface area (Å²) in [5, 5.41) is 0. The number of hydrogen-bond acceptors (Lipinski definition) is 1. The minimum atomic E-state index is -4.52. The molecule has 1 nitrogen and oxygen atoms in total. The third kappa shape index (κ3) is 6.73. The molecule has 2 fully saturated rings. The molecule has 8 heteroatoms. The maximum atomic E-state index is 15.1. The van der Waals surface area contributed by atoms with Crippen molar-refractivity contribution in [3.8, 4) is 16.9 Å². The highest BCUT2D eigenvalue weighted by Crippen LogP contribution is 2.45. The predicted octanol–water partition coefficient (Wildman–Crippen LogP) is 10.9. The molecule has 5 rings (SSSR count). The van der Waals surface area contributed by atoms with E-state index < -0.39 is 29.6 Å². The molecule has 0 amide bonds. The molecule has 0 spiro atoms. The van der Waals surface area contributed by atoms with Crippen molar-refractivity contribution in [2.24, 2.45) is 11.8 Å². The highest BCUT2D eigenvalue weighted by molar-refractivity contribution is 5.65. The van der Waals surface area contributed by atoms with Crippen molar-refractivity contribution in [3.05, 3.63) is 89.0 Å². The molecule has 0 unspecified atom stereocenters. The number of rotatable bonds is 6. The van der Waals surface area contributed by atoms with Gasteiger partial charge in [-0.2, -0.15) is 22.0 Å². The summed E-state index contributed by atoms with van der Waals surface area (Å²) in [5.41, 5.74) is 0.872. The first-order valence-electron chi connectivity index (χ1n) is 14.2. The molecule has 2 aliphatic rings. The summed E-state index contributed by atoms with van der Waals surface area (Å²) in [6.07, 6.45) is -2.64. The van der Waals surface area contributed by atoms with Gasteiger partial charge in [0.1, 0.15) is 17.4 Å². The summed E-state index contributed by atoms with van der Waals surface area (Å²) in [7, 11) is 0. The Morgan fingerprint density at radius 2 is 1.29 bits per heavy atom. The molecule has 2 saturated carbocycles. The number of hydrogen-bond donors (Lipinski definition) is 0. The summed E-state index contributed by atoms with van der Waals surface area (Å²) in [5.74, 6) is -1.71. The largest absolute Gasteiger partial charge is 0.432 e. The minimum Gasteiger partial charge on any atom is -0.432 e. The normalized spacial score (nSPS) is 23.8. The lowest BCUT2D eigenvalue weighted by molar-refractivity contribution is -0.222. The van der Waals surface area contributed by atoms with Crippen LogP contribution in [0.4, 0.5) is 30.7 Å². The standard InChI is InChI=1S/C33H33F7O/c1-20-2-4-21(5-3-20)24-10-16-28(30(34)18-24)23-8-13-26(14-9-23)33(39,40)41-27-15-17-29(31(35)19-27)22-6-11-25(12-7-22)32(36,37)38/h6-7,10-12,15-21,23,26H,2-5,8-9,13-14H2,1H3.